The molecule has 0 unspecified atom stereocenters. The second-order valence-corrected chi connectivity index (χ2v) is 6.54. The first-order valence-corrected chi connectivity index (χ1v) is 8.77. The van der Waals surface area contributed by atoms with Gasteiger partial charge in [0, 0.05) is 16.7 Å². The Balaban J connectivity index is 2.02. The first kappa shape index (κ1) is 16.0. The smallest absolute Gasteiger partial charge is 0.259 e. The third-order valence-corrected chi connectivity index (χ3v) is 4.81. The van der Waals surface area contributed by atoms with Crippen LogP contribution < -0.4 is 10.7 Å². The third kappa shape index (κ3) is 2.74. The highest BCUT2D eigenvalue weighted by Crippen LogP contribution is 2.30. The van der Waals surface area contributed by atoms with Crippen LogP contribution in [0.3, 0.4) is 0 Å². The van der Waals surface area contributed by atoms with Gasteiger partial charge in [-0.1, -0.05) is 35.9 Å². The lowest BCUT2D eigenvalue weighted by atomic mass is 10.1. The van der Waals surface area contributed by atoms with E-state index in [1.807, 2.05) is 48.5 Å². The van der Waals surface area contributed by atoms with Crippen LogP contribution in [0.4, 0.5) is 0 Å². The van der Waals surface area contributed by atoms with Gasteiger partial charge in [0.1, 0.15) is 5.69 Å². The molecule has 0 bridgehead atoms. The predicted molar refractivity (Wildman–Crippen MR) is 102 cm³/mol. The second-order valence-electron chi connectivity index (χ2n) is 5.42. The van der Waals surface area contributed by atoms with Crippen LogP contribution in [0.5, 0.6) is 0 Å². The number of halogens is 1. The van der Waals surface area contributed by atoms with Crippen molar-refractivity contribution in [2.45, 2.75) is 4.90 Å². The van der Waals surface area contributed by atoms with E-state index >= 15 is 0 Å². The van der Waals surface area contributed by atoms with Gasteiger partial charge in [-0.2, -0.15) is 5.10 Å². The molecule has 0 aliphatic heterocycles. The quantitative estimate of drug-likeness (QED) is 0.536. The van der Waals surface area contributed by atoms with E-state index in [1.165, 1.54) is 11.9 Å². The van der Waals surface area contributed by atoms with Gasteiger partial charge in [0.15, 0.2) is 0 Å². The van der Waals surface area contributed by atoms with Gasteiger partial charge in [-0.05, 0) is 42.3 Å². The normalized spacial score (nSPS) is 11.1. The number of nitrogens with one attached hydrogen (secondary N) is 1. The fourth-order valence-electron chi connectivity index (χ4n) is 2.78. The highest BCUT2D eigenvalue weighted by molar-refractivity contribution is 7.97. The second kappa shape index (κ2) is 6.40. The molecule has 0 fully saturated rings. The lowest BCUT2D eigenvalue weighted by Crippen LogP contribution is -2.05. The molecule has 124 valence electrons. The van der Waals surface area contributed by atoms with Crippen molar-refractivity contribution in [1.82, 2.24) is 14.8 Å². The fraction of sp³-hybridized carbons (Fsp3) is 0. The zero-order valence-electron chi connectivity index (χ0n) is 12.9. The zero-order valence-corrected chi connectivity index (χ0v) is 14.5. The van der Waals surface area contributed by atoms with Gasteiger partial charge >= 0.3 is 0 Å². The summed E-state index contributed by atoms with van der Waals surface area (Å²) < 4.78 is 1.70. The number of nitrogens with zero attached hydrogens (tertiary/aromatic N) is 2. The number of H-pyrrole nitrogens is 1. The molecule has 0 aliphatic carbocycles. The third-order valence-electron chi connectivity index (χ3n) is 3.95. The molecular weight excluding hydrogens is 356 g/mol. The van der Waals surface area contributed by atoms with Crippen LogP contribution in [0.15, 0.2) is 70.5 Å². The van der Waals surface area contributed by atoms with E-state index in [0.717, 1.165) is 16.1 Å². The maximum atomic E-state index is 12.5. The first-order valence-electron chi connectivity index (χ1n) is 7.51. The molecule has 2 aromatic carbocycles. The molecule has 7 heteroatoms. The van der Waals surface area contributed by atoms with Gasteiger partial charge in [-0.15, -0.1) is 0 Å². The molecule has 3 N–H and O–H groups in total. The standard InChI is InChI=1S/C18H13ClN4OS/c19-13-3-1-2-4-14(13)23-15-9-10-21-18(24)16(15)17(22-23)11-5-7-12(25-20)8-6-11/h1-10H,20H2,(H,21,24). The minimum Gasteiger partial charge on any atom is -0.328 e. The van der Waals surface area contributed by atoms with Crippen molar-refractivity contribution in [1.29, 1.82) is 0 Å². The van der Waals surface area contributed by atoms with E-state index in [0.29, 0.717) is 21.6 Å². The molecule has 2 heterocycles. The summed E-state index contributed by atoms with van der Waals surface area (Å²) in [5, 5.41) is 11.3. The van der Waals surface area contributed by atoms with Gasteiger partial charge in [0.05, 0.1) is 21.6 Å². The molecule has 0 saturated carbocycles. The van der Waals surface area contributed by atoms with Crippen LogP contribution >= 0.6 is 23.5 Å². The van der Waals surface area contributed by atoms with Gasteiger partial charge < -0.3 is 4.98 Å². The number of pyridine rings is 1. The average molecular weight is 369 g/mol. The lowest BCUT2D eigenvalue weighted by Gasteiger charge is -2.05. The summed E-state index contributed by atoms with van der Waals surface area (Å²) in [6.07, 6.45) is 1.61. The summed E-state index contributed by atoms with van der Waals surface area (Å²) in [6, 6.07) is 16.8. The van der Waals surface area contributed by atoms with Crippen LogP contribution in [0.2, 0.25) is 5.02 Å². The van der Waals surface area contributed by atoms with Crippen molar-refractivity contribution in [3.63, 3.8) is 0 Å². The molecule has 0 radical (unpaired) electrons. The summed E-state index contributed by atoms with van der Waals surface area (Å²) in [5.41, 5.74) is 2.67. The average Bonchev–Trinajstić information content (AvgIpc) is 3.03. The van der Waals surface area contributed by atoms with E-state index in [9.17, 15) is 4.79 Å². The number of nitrogens with two attached hydrogens (primary N) is 1. The molecule has 4 rings (SSSR count). The molecule has 25 heavy (non-hydrogen) atoms. The van der Waals surface area contributed by atoms with Crippen LogP contribution in [-0.2, 0) is 0 Å². The highest BCUT2D eigenvalue weighted by Gasteiger charge is 2.17. The Labute approximate surface area is 152 Å². The molecule has 0 spiro atoms. The minimum absolute atomic E-state index is 0.192. The molecule has 5 nitrogen and oxygen atoms in total. The Kier molecular flexibility index (Phi) is 4.09. The largest absolute Gasteiger partial charge is 0.328 e. The van der Waals surface area contributed by atoms with Gasteiger partial charge in [-0.3, -0.25) is 9.93 Å². The van der Waals surface area contributed by atoms with Crippen LogP contribution in [0.1, 0.15) is 0 Å². The number of rotatable bonds is 3. The van der Waals surface area contributed by atoms with Crippen molar-refractivity contribution in [3.05, 3.63) is 76.2 Å². The molecule has 0 aliphatic rings. The Morgan fingerprint density at radius 3 is 2.56 bits per heavy atom. The van der Waals surface area contributed by atoms with Gasteiger partial charge in [0.25, 0.3) is 5.56 Å². The number of hydrogen-bond acceptors (Lipinski definition) is 4. The van der Waals surface area contributed by atoms with Crippen molar-refractivity contribution >= 4 is 34.5 Å². The van der Waals surface area contributed by atoms with Gasteiger partial charge in [0.2, 0.25) is 0 Å². The molecule has 2 aromatic heterocycles. The number of aromatic amines is 1. The molecular formula is C18H13ClN4OS. The number of para-hydroxylation sites is 1. The van der Waals surface area contributed by atoms with E-state index in [1.54, 1.807) is 16.9 Å². The highest BCUT2D eigenvalue weighted by atomic mass is 35.5. The zero-order chi connectivity index (χ0) is 17.4. The van der Waals surface area contributed by atoms with Gasteiger partial charge in [-0.25, -0.2) is 4.68 Å². The van der Waals surface area contributed by atoms with E-state index in [4.69, 9.17) is 16.7 Å². The number of benzene rings is 2. The van der Waals surface area contributed by atoms with Crippen LogP contribution in [0.25, 0.3) is 27.8 Å². The number of fused-ring (bicyclic) bond motifs is 1. The summed E-state index contributed by atoms with van der Waals surface area (Å²) in [4.78, 5) is 16.1. The lowest BCUT2D eigenvalue weighted by molar-refractivity contribution is 0.915. The number of hydrogen-bond donors (Lipinski definition) is 2. The van der Waals surface area contributed by atoms with Crippen molar-refractivity contribution in [2.75, 3.05) is 0 Å². The molecule has 4 aromatic rings. The maximum Gasteiger partial charge on any atom is 0.259 e. The van der Waals surface area contributed by atoms with Crippen LogP contribution in [0, 0.1) is 0 Å². The summed E-state index contributed by atoms with van der Waals surface area (Å²) in [5.74, 6) is 0. The maximum absolute atomic E-state index is 12.5. The topological polar surface area (TPSA) is 76.7 Å². The van der Waals surface area contributed by atoms with Crippen LogP contribution in [-0.4, -0.2) is 14.8 Å². The first-order chi connectivity index (χ1) is 12.2. The van der Waals surface area contributed by atoms with E-state index < -0.39 is 0 Å². The Hall–Kier alpha value is -2.54. The Morgan fingerprint density at radius 2 is 1.84 bits per heavy atom. The fourth-order valence-corrected chi connectivity index (χ4v) is 3.29. The summed E-state index contributed by atoms with van der Waals surface area (Å²) in [7, 11) is 0. The van der Waals surface area contributed by atoms with Crippen molar-refractivity contribution in [2.24, 2.45) is 5.14 Å². The molecule has 0 atom stereocenters. The summed E-state index contributed by atoms with van der Waals surface area (Å²) >= 11 is 7.50. The molecule has 0 saturated heterocycles. The Morgan fingerprint density at radius 1 is 1.08 bits per heavy atom. The number of aromatic nitrogens is 3. The van der Waals surface area contributed by atoms with E-state index in [-0.39, 0.29) is 5.56 Å². The predicted octanol–water partition coefficient (Wildman–Crippen LogP) is 4.00. The van der Waals surface area contributed by atoms with Crippen molar-refractivity contribution in [3.8, 4) is 16.9 Å². The molecule has 0 amide bonds. The Bertz CT molecular complexity index is 1120. The van der Waals surface area contributed by atoms with Crippen molar-refractivity contribution < 1.29 is 0 Å². The minimum atomic E-state index is -0.192. The van der Waals surface area contributed by atoms with E-state index in [2.05, 4.69) is 10.1 Å². The SMILES string of the molecule is NSc1ccc(-c2nn(-c3ccccc3Cl)c3cc[nH]c(=O)c23)cc1. The monoisotopic (exact) mass is 368 g/mol. The summed E-state index contributed by atoms with van der Waals surface area (Å²) in [6.45, 7) is 0.